The summed E-state index contributed by atoms with van der Waals surface area (Å²) in [5, 5.41) is 4.24. The Morgan fingerprint density at radius 3 is 2.53 bits per heavy atom. The van der Waals surface area contributed by atoms with E-state index < -0.39 is 0 Å². The first-order valence-corrected chi connectivity index (χ1v) is 10.8. The number of benzene rings is 1. The van der Waals surface area contributed by atoms with Crippen molar-refractivity contribution in [2.45, 2.75) is 6.92 Å². The molecule has 2 aromatic heterocycles. The molecule has 30 heavy (non-hydrogen) atoms. The summed E-state index contributed by atoms with van der Waals surface area (Å²) in [6.45, 7) is 4.95. The highest BCUT2D eigenvalue weighted by Crippen LogP contribution is 2.34. The van der Waals surface area contributed by atoms with Gasteiger partial charge in [0.1, 0.15) is 16.5 Å². The number of nitrogens with two attached hydrogens (primary N) is 1. The zero-order valence-electron chi connectivity index (χ0n) is 16.1. The van der Waals surface area contributed by atoms with Gasteiger partial charge in [-0.2, -0.15) is 0 Å². The van der Waals surface area contributed by atoms with Crippen LogP contribution in [0.15, 0.2) is 30.3 Å². The van der Waals surface area contributed by atoms with Crippen molar-refractivity contribution in [2.24, 2.45) is 0 Å². The average Bonchev–Trinajstić information content (AvgIpc) is 3.10. The van der Waals surface area contributed by atoms with Crippen LogP contribution < -0.4 is 16.0 Å². The highest BCUT2D eigenvalue weighted by atomic mass is 35.5. The van der Waals surface area contributed by atoms with Gasteiger partial charge in [-0.3, -0.25) is 4.79 Å². The standard InChI is InChI=1S/C20H19Cl2N5O2S/c1-11-14(5-6-15(24-11)27-7-9-29-10-8-27)25-20-26-19(23)18(30-20)17(28)16-12(21)3-2-4-13(16)22/h2-6H,7-10,23H2,1H3,(H,25,26). The molecule has 1 aliphatic heterocycles. The van der Waals surface area contributed by atoms with Crippen molar-refractivity contribution in [3.63, 3.8) is 0 Å². The van der Waals surface area contributed by atoms with Crippen LogP contribution in [0.5, 0.6) is 0 Å². The van der Waals surface area contributed by atoms with Gasteiger partial charge in [-0.25, -0.2) is 9.97 Å². The summed E-state index contributed by atoms with van der Waals surface area (Å²) in [6, 6.07) is 8.80. The Kier molecular flexibility index (Phi) is 6.10. The largest absolute Gasteiger partial charge is 0.382 e. The van der Waals surface area contributed by atoms with Crippen LogP contribution in [0.4, 0.5) is 22.5 Å². The van der Waals surface area contributed by atoms with Crippen LogP contribution >= 0.6 is 34.5 Å². The fourth-order valence-electron chi connectivity index (χ4n) is 3.14. The first-order chi connectivity index (χ1) is 14.4. The number of halogens is 2. The summed E-state index contributed by atoms with van der Waals surface area (Å²) >= 11 is 13.5. The van der Waals surface area contributed by atoms with E-state index in [1.807, 2.05) is 19.1 Å². The molecule has 0 radical (unpaired) electrons. The highest BCUT2D eigenvalue weighted by molar-refractivity contribution is 7.18. The maximum Gasteiger partial charge on any atom is 0.209 e. The lowest BCUT2D eigenvalue weighted by molar-refractivity contribution is 0.104. The van der Waals surface area contributed by atoms with Crippen LogP contribution in [0, 0.1) is 6.92 Å². The number of carbonyl (C=O) groups excluding carboxylic acids is 1. The van der Waals surface area contributed by atoms with Crippen LogP contribution in [0.2, 0.25) is 10.0 Å². The molecule has 1 fully saturated rings. The van der Waals surface area contributed by atoms with E-state index in [1.165, 1.54) is 0 Å². The summed E-state index contributed by atoms with van der Waals surface area (Å²) in [5.41, 5.74) is 7.83. The van der Waals surface area contributed by atoms with Gasteiger partial charge in [0.25, 0.3) is 0 Å². The average molecular weight is 464 g/mol. The molecule has 1 aromatic carbocycles. The zero-order chi connectivity index (χ0) is 21.3. The highest BCUT2D eigenvalue weighted by Gasteiger charge is 2.23. The van der Waals surface area contributed by atoms with Gasteiger partial charge in [-0.15, -0.1) is 0 Å². The molecule has 0 aliphatic carbocycles. The van der Waals surface area contributed by atoms with Crippen LogP contribution in [-0.2, 0) is 4.74 Å². The third kappa shape index (κ3) is 4.22. The van der Waals surface area contributed by atoms with Gasteiger partial charge in [-0.1, -0.05) is 40.6 Å². The molecular formula is C20H19Cl2N5O2S. The van der Waals surface area contributed by atoms with Crippen molar-refractivity contribution in [3.05, 3.63) is 56.5 Å². The van der Waals surface area contributed by atoms with E-state index in [-0.39, 0.29) is 32.1 Å². The second-order valence-electron chi connectivity index (χ2n) is 6.69. The predicted molar refractivity (Wildman–Crippen MR) is 122 cm³/mol. The lowest BCUT2D eigenvalue weighted by Crippen LogP contribution is -2.36. The van der Waals surface area contributed by atoms with E-state index in [4.69, 9.17) is 33.7 Å². The number of morpholine rings is 1. The molecule has 7 nitrogen and oxygen atoms in total. The Bertz CT molecular complexity index is 1080. The number of rotatable bonds is 5. The summed E-state index contributed by atoms with van der Waals surface area (Å²) in [4.78, 5) is 24.4. The molecule has 10 heteroatoms. The summed E-state index contributed by atoms with van der Waals surface area (Å²) in [6.07, 6.45) is 0. The molecule has 0 amide bonds. The van der Waals surface area contributed by atoms with Gasteiger partial charge in [0, 0.05) is 13.1 Å². The van der Waals surface area contributed by atoms with Crippen molar-refractivity contribution in [1.82, 2.24) is 9.97 Å². The molecule has 0 spiro atoms. The molecule has 0 atom stereocenters. The fraction of sp³-hybridized carbons (Fsp3) is 0.250. The number of ketones is 1. The molecule has 3 aromatic rings. The second-order valence-corrected chi connectivity index (χ2v) is 8.50. The Balaban J connectivity index is 1.56. The van der Waals surface area contributed by atoms with Gasteiger partial charge >= 0.3 is 0 Å². The molecule has 0 bridgehead atoms. The maximum atomic E-state index is 12.9. The van der Waals surface area contributed by atoms with E-state index in [0.29, 0.717) is 18.3 Å². The number of hydrogen-bond acceptors (Lipinski definition) is 8. The maximum absolute atomic E-state index is 12.9. The molecule has 0 unspecified atom stereocenters. The van der Waals surface area contributed by atoms with Gasteiger partial charge in [0.2, 0.25) is 5.78 Å². The normalized spacial score (nSPS) is 14.0. The number of aromatic nitrogens is 2. The van der Waals surface area contributed by atoms with Gasteiger partial charge in [0.15, 0.2) is 5.13 Å². The van der Waals surface area contributed by atoms with Gasteiger partial charge < -0.3 is 20.7 Å². The third-order valence-corrected chi connectivity index (χ3v) is 6.31. The summed E-state index contributed by atoms with van der Waals surface area (Å²) < 4.78 is 5.39. The molecule has 4 rings (SSSR count). The Morgan fingerprint density at radius 2 is 1.87 bits per heavy atom. The molecule has 3 N–H and O–H groups in total. The Hall–Kier alpha value is -2.39. The molecular weight excluding hydrogens is 445 g/mol. The van der Waals surface area contributed by atoms with E-state index in [9.17, 15) is 4.79 Å². The molecule has 3 heterocycles. The number of nitrogens with zero attached hydrogens (tertiary/aromatic N) is 3. The molecule has 1 aliphatic rings. The number of carbonyl (C=O) groups is 1. The van der Waals surface area contributed by atoms with Crippen molar-refractivity contribution in [2.75, 3.05) is 42.3 Å². The van der Waals surface area contributed by atoms with E-state index >= 15 is 0 Å². The minimum atomic E-state index is -0.355. The number of nitrogens with one attached hydrogen (secondary N) is 1. The minimum absolute atomic E-state index is 0.124. The van der Waals surface area contributed by atoms with Crippen molar-refractivity contribution >= 4 is 62.8 Å². The monoisotopic (exact) mass is 463 g/mol. The number of pyridine rings is 1. The van der Waals surface area contributed by atoms with Crippen LogP contribution in [0.3, 0.4) is 0 Å². The van der Waals surface area contributed by atoms with Crippen LogP contribution in [-0.4, -0.2) is 42.1 Å². The van der Waals surface area contributed by atoms with Crippen molar-refractivity contribution in [3.8, 4) is 0 Å². The smallest absolute Gasteiger partial charge is 0.209 e. The number of thiazole rings is 1. The Labute approximate surface area is 187 Å². The fourth-order valence-corrected chi connectivity index (χ4v) is 4.55. The van der Waals surface area contributed by atoms with E-state index in [1.54, 1.807) is 18.2 Å². The lowest BCUT2D eigenvalue weighted by atomic mass is 10.1. The quantitative estimate of drug-likeness (QED) is 0.536. The topological polar surface area (TPSA) is 93.4 Å². The number of aryl methyl sites for hydroxylation is 1. The Morgan fingerprint density at radius 1 is 1.17 bits per heavy atom. The molecule has 156 valence electrons. The van der Waals surface area contributed by atoms with Crippen LogP contribution in [0.25, 0.3) is 0 Å². The van der Waals surface area contributed by atoms with Crippen molar-refractivity contribution in [1.29, 1.82) is 0 Å². The van der Waals surface area contributed by atoms with E-state index in [0.717, 1.165) is 41.6 Å². The number of anilines is 4. The lowest BCUT2D eigenvalue weighted by Gasteiger charge is -2.28. The third-order valence-electron chi connectivity index (χ3n) is 4.70. The van der Waals surface area contributed by atoms with Crippen molar-refractivity contribution < 1.29 is 9.53 Å². The van der Waals surface area contributed by atoms with Gasteiger partial charge in [0.05, 0.1) is 40.2 Å². The summed E-state index contributed by atoms with van der Waals surface area (Å²) in [5.74, 6) is 0.675. The number of hydrogen-bond donors (Lipinski definition) is 2. The number of ether oxygens (including phenoxy) is 1. The first-order valence-electron chi connectivity index (χ1n) is 9.26. The summed E-state index contributed by atoms with van der Waals surface area (Å²) in [7, 11) is 0. The number of nitrogen functional groups attached to an aromatic ring is 1. The molecule has 0 saturated carbocycles. The second kappa shape index (κ2) is 8.77. The SMILES string of the molecule is Cc1nc(N2CCOCC2)ccc1Nc1nc(N)c(C(=O)c2c(Cl)cccc2Cl)s1. The van der Waals surface area contributed by atoms with Crippen LogP contribution in [0.1, 0.15) is 20.9 Å². The minimum Gasteiger partial charge on any atom is -0.382 e. The van der Waals surface area contributed by atoms with E-state index in [2.05, 4.69) is 20.2 Å². The molecule has 1 saturated heterocycles. The van der Waals surface area contributed by atoms with Gasteiger partial charge in [-0.05, 0) is 31.2 Å². The zero-order valence-corrected chi connectivity index (χ0v) is 18.4. The first kappa shape index (κ1) is 20.9. The predicted octanol–water partition coefficient (Wildman–Crippen LogP) is 4.55.